The highest BCUT2D eigenvalue weighted by Crippen LogP contribution is 2.44. The first-order valence-corrected chi connectivity index (χ1v) is 10.5. The fourth-order valence-corrected chi connectivity index (χ4v) is 4.34. The number of nitrogens with zero attached hydrogens (tertiary/aromatic N) is 4. The molecule has 1 aliphatic heterocycles. The molecule has 1 atom stereocenters. The van der Waals surface area contributed by atoms with E-state index >= 15 is 0 Å². The fourth-order valence-electron chi connectivity index (χ4n) is 4.34. The Bertz CT molecular complexity index is 1300. The maximum absolute atomic E-state index is 13.0. The maximum atomic E-state index is 13.0. The average Bonchev–Trinajstić information content (AvgIpc) is 3.26. The van der Waals surface area contributed by atoms with E-state index in [4.69, 9.17) is 14.6 Å². The molecular formula is C23H21N5O5. The minimum atomic E-state index is -0.524. The number of nitro groups is 1. The van der Waals surface area contributed by atoms with Crippen molar-refractivity contribution in [2.24, 2.45) is 0 Å². The standard InChI is InChI=1S/C23H21N5O5/c1-32-15-10-11-16(19(12-15)33-2)21-20-17(4-3-5-18(20)29)24-23-25-22(26-27(21)23)13-6-8-14(9-7-13)28(30)31/h6-12,21H,3-5H2,1-2H3,(H,24,25,26). The van der Waals surface area contributed by atoms with E-state index in [1.165, 1.54) is 12.1 Å². The summed E-state index contributed by atoms with van der Waals surface area (Å²) in [6.07, 6.45) is 1.96. The highest BCUT2D eigenvalue weighted by atomic mass is 16.6. The van der Waals surface area contributed by atoms with Gasteiger partial charge in [0.25, 0.3) is 5.69 Å². The third-order valence-corrected chi connectivity index (χ3v) is 5.94. The topological polar surface area (TPSA) is 121 Å². The van der Waals surface area contributed by atoms with E-state index in [0.29, 0.717) is 40.8 Å². The van der Waals surface area contributed by atoms with Crippen LogP contribution in [0.25, 0.3) is 11.4 Å². The van der Waals surface area contributed by atoms with Crippen molar-refractivity contribution in [3.8, 4) is 22.9 Å². The predicted molar refractivity (Wildman–Crippen MR) is 119 cm³/mol. The Morgan fingerprint density at radius 2 is 1.91 bits per heavy atom. The number of benzene rings is 2. The van der Waals surface area contributed by atoms with Crippen LogP contribution in [0.5, 0.6) is 11.5 Å². The molecule has 10 nitrogen and oxygen atoms in total. The molecule has 0 spiro atoms. The smallest absolute Gasteiger partial charge is 0.269 e. The highest BCUT2D eigenvalue weighted by molar-refractivity contribution is 5.99. The number of nitrogens with one attached hydrogen (secondary N) is 1. The van der Waals surface area contributed by atoms with Crippen LogP contribution in [0, 0.1) is 10.1 Å². The average molecular weight is 447 g/mol. The minimum Gasteiger partial charge on any atom is -0.497 e. The molecule has 0 fully saturated rings. The molecule has 1 N–H and O–H groups in total. The van der Waals surface area contributed by atoms with Crippen molar-refractivity contribution in [2.75, 3.05) is 19.5 Å². The van der Waals surface area contributed by atoms with E-state index in [1.54, 1.807) is 37.1 Å². The van der Waals surface area contributed by atoms with Crippen molar-refractivity contribution in [1.29, 1.82) is 0 Å². The zero-order chi connectivity index (χ0) is 23.1. The van der Waals surface area contributed by atoms with Gasteiger partial charge >= 0.3 is 0 Å². The van der Waals surface area contributed by atoms with Crippen LogP contribution in [-0.4, -0.2) is 39.7 Å². The summed E-state index contributed by atoms with van der Waals surface area (Å²) in [5.41, 5.74) is 2.88. The normalized spacial score (nSPS) is 17.2. The van der Waals surface area contributed by atoms with E-state index in [9.17, 15) is 14.9 Å². The molecule has 5 rings (SSSR count). The number of ketones is 1. The summed E-state index contributed by atoms with van der Waals surface area (Å²) in [6.45, 7) is 0. The fraction of sp³-hybridized carbons (Fsp3) is 0.261. The number of aromatic nitrogens is 3. The minimum absolute atomic E-state index is 0.00980. The van der Waals surface area contributed by atoms with Crippen LogP contribution in [0.4, 0.5) is 11.6 Å². The second-order valence-electron chi connectivity index (χ2n) is 7.81. The Kier molecular flexibility index (Phi) is 5.04. The molecule has 1 unspecified atom stereocenters. The van der Waals surface area contributed by atoms with Crippen molar-refractivity contribution < 1.29 is 19.2 Å². The van der Waals surface area contributed by atoms with Gasteiger partial charge in [0.2, 0.25) is 5.95 Å². The number of ether oxygens (including phenoxy) is 2. The Morgan fingerprint density at radius 1 is 1.12 bits per heavy atom. The molecule has 0 radical (unpaired) electrons. The van der Waals surface area contributed by atoms with Crippen molar-refractivity contribution in [3.05, 3.63) is 69.4 Å². The van der Waals surface area contributed by atoms with E-state index in [1.807, 2.05) is 12.1 Å². The number of fused-ring (bicyclic) bond motifs is 1. The van der Waals surface area contributed by atoms with Gasteiger partial charge in [0.05, 0.1) is 19.1 Å². The van der Waals surface area contributed by atoms with Gasteiger partial charge < -0.3 is 14.8 Å². The van der Waals surface area contributed by atoms with E-state index in [-0.39, 0.29) is 11.5 Å². The van der Waals surface area contributed by atoms with Crippen LogP contribution in [-0.2, 0) is 4.79 Å². The molecule has 1 aromatic heterocycles. The summed E-state index contributed by atoms with van der Waals surface area (Å²) in [5.74, 6) is 2.17. The van der Waals surface area contributed by atoms with Crippen molar-refractivity contribution in [3.63, 3.8) is 0 Å². The van der Waals surface area contributed by atoms with Gasteiger partial charge in [0.15, 0.2) is 11.6 Å². The molecule has 10 heteroatoms. The summed E-state index contributed by atoms with van der Waals surface area (Å²) >= 11 is 0. The summed E-state index contributed by atoms with van der Waals surface area (Å²) in [4.78, 5) is 28.2. The number of methoxy groups -OCH3 is 2. The monoisotopic (exact) mass is 447 g/mol. The molecule has 2 aliphatic rings. The number of hydrogen-bond donors (Lipinski definition) is 1. The zero-order valence-electron chi connectivity index (χ0n) is 18.1. The molecule has 3 aromatic rings. The van der Waals surface area contributed by atoms with Crippen molar-refractivity contribution in [2.45, 2.75) is 25.3 Å². The second-order valence-corrected chi connectivity index (χ2v) is 7.81. The quantitative estimate of drug-likeness (QED) is 0.462. The number of non-ortho nitro benzene ring substituents is 1. The number of hydrogen-bond acceptors (Lipinski definition) is 8. The van der Waals surface area contributed by atoms with Crippen LogP contribution in [0.15, 0.2) is 53.7 Å². The molecule has 1 aliphatic carbocycles. The zero-order valence-corrected chi connectivity index (χ0v) is 18.1. The number of allylic oxidation sites excluding steroid dienone is 2. The second kappa shape index (κ2) is 8.05. The number of carbonyl (C=O) groups is 1. The first-order chi connectivity index (χ1) is 16.0. The lowest BCUT2D eigenvalue weighted by atomic mass is 9.85. The largest absolute Gasteiger partial charge is 0.497 e. The van der Waals surface area contributed by atoms with Gasteiger partial charge in [-0.05, 0) is 37.1 Å². The summed E-state index contributed by atoms with van der Waals surface area (Å²) in [5, 5.41) is 19.0. The highest BCUT2D eigenvalue weighted by Gasteiger charge is 2.38. The van der Waals surface area contributed by atoms with Gasteiger partial charge in [-0.15, -0.1) is 5.10 Å². The first kappa shape index (κ1) is 20.7. The number of nitro benzene ring substituents is 1. The van der Waals surface area contributed by atoms with E-state index in [2.05, 4.69) is 10.3 Å². The Labute approximate surface area is 189 Å². The molecule has 0 bridgehead atoms. The number of anilines is 1. The number of Topliss-reactive ketones (excluding diaryl/α,β-unsaturated/α-hetero) is 1. The van der Waals surface area contributed by atoms with Crippen LogP contribution in [0.1, 0.15) is 30.9 Å². The van der Waals surface area contributed by atoms with Crippen LogP contribution in [0.2, 0.25) is 0 Å². The van der Waals surface area contributed by atoms with Crippen LogP contribution < -0.4 is 14.8 Å². The molecule has 168 valence electrons. The Balaban J connectivity index is 1.66. The molecule has 2 heterocycles. The summed E-state index contributed by atoms with van der Waals surface area (Å²) < 4.78 is 12.7. The van der Waals surface area contributed by atoms with Gasteiger partial charge in [-0.1, -0.05) is 0 Å². The molecule has 0 saturated carbocycles. The third-order valence-electron chi connectivity index (χ3n) is 5.94. The third kappa shape index (κ3) is 3.49. The van der Waals surface area contributed by atoms with Crippen LogP contribution >= 0.6 is 0 Å². The molecule has 0 amide bonds. The van der Waals surface area contributed by atoms with E-state index < -0.39 is 11.0 Å². The number of carbonyl (C=O) groups excluding carboxylic acids is 1. The van der Waals surface area contributed by atoms with Gasteiger partial charge in [-0.2, -0.15) is 4.98 Å². The van der Waals surface area contributed by atoms with Gasteiger partial charge in [0.1, 0.15) is 17.5 Å². The lowest BCUT2D eigenvalue weighted by Gasteiger charge is -2.32. The lowest BCUT2D eigenvalue weighted by molar-refractivity contribution is -0.384. The van der Waals surface area contributed by atoms with Crippen molar-refractivity contribution in [1.82, 2.24) is 14.8 Å². The molecular weight excluding hydrogens is 426 g/mol. The molecule has 0 saturated heterocycles. The molecule has 2 aromatic carbocycles. The molecule has 33 heavy (non-hydrogen) atoms. The summed E-state index contributed by atoms with van der Waals surface area (Å²) in [7, 11) is 3.15. The van der Waals surface area contributed by atoms with Gasteiger partial charge in [-0.3, -0.25) is 14.9 Å². The summed E-state index contributed by atoms with van der Waals surface area (Å²) in [6, 6.07) is 11.0. The maximum Gasteiger partial charge on any atom is 0.269 e. The number of rotatable bonds is 5. The van der Waals surface area contributed by atoms with Gasteiger partial charge in [0, 0.05) is 47.0 Å². The van der Waals surface area contributed by atoms with E-state index in [0.717, 1.165) is 24.1 Å². The lowest BCUT2D eigenvalue weighted by Crippen LogP contribution is -2.31. The van der Waals surface area contributed by atoms with Gasteiger partial charge in [-0.25, -0.2) is 4.68 Å². The Hall–Kier alpha value is -4.21. The Morgan fingerprint density at radius 3 is 2.61 bits per heavy atom. The SMILES string of the molecule is COc1ccc(C2C3=C(CCCC3=O)Nc3nc(-c4ccc([N+](=O)[O-])cc4)nn32)c(OC)c1. The van der Waals surface area contributed by atoms with Crippen molar-refractivity contribution >= 4 is 17.4 Å². The predicted octanol–water partition coefficient (Wildman–Crippen LogP) is 3.89. The van der Waals surface area contributed by atoms with Crippen LogP contribution in [0.3, 0.4) is 0 Å². The first-order valence-electron chi connectivity index (χ1n) is 10.5.